The number of H-pyrrole nitrogens is 1. The summed E-state index contributed by atoms with van der Waals surface area (Å²) in [6.45, 7) is 8.49. The van der Waals surface area contributed by atoms with Gasteiger partial charge in [-0.15, -0.1) is 5.10 Å². The van der Waals surface area contributed by atoms with Crippen molar-refractivity contribution in [1.82, 2.24) is 30.1 Å². The summed E-state index contributed by atoms with van der Waals surface area (Å²) in [5.74, 6) is 2.22. The molecule has 9 heteroatoms. The van der Waals surface area contributed by atoms with Crippen LogP contribution in [0.1, 0.15) is 64.3 Å². The number of benzene rings is 1. The Labute approximate surface area is 193 Å². The lowest BCUT2D eigenvalue weighted by Gasteiger charge is -2.34. The Hall–Kier alpha value is -2.94. The summed E-state index contributed by atoms with van der Waals surface area (Å²) >= 11 is 0. The molecule has 0 unspecified atom stereocenters. The summed E-state index contributed by atoms with van der Waals surface area (Å²) in [4.78, 5) is 18.5. The molecular formula is C24H32N6O3. The number of rotatable bonds is 5. The maximum Gasteiger partial charge on any atom is 0.252 e. The summed E-state index contributed by atoms with van der Waals surface area (Å²) < 4.78 is 13.3. The Bertz CT molecular complexity index is 1190. The Morgan fingerprint density at radius 3 is 2.52 bits per heavy atom. The van der Waals surface area contributed by atoms with E-state index in [1.165, 1.54) is 19.3 Å². The quantitative estimate of drug-likeness (QED) is 0.634. The van der Waals surface area contributed by atoms with Gasteiger partial charge in [0.15, 0.2) is 17.3 Å². The van der Waals surface area contributed by atoms with Crippen LogP contribution in [0, 0.1) is 0 Å². The van der Waals surface area contributed by atoms with Gasteiger partial charge < -0.3 is 14.5 Å². The molecule has 0 radical (unpaired) electrons. The van der Waals surface area contributed by atoms with E-state index in [0.29, 0.717) is 38.1 Å². The van der Waals surface area contributed by atoms with Crippen molar-refractivity contribution in [2.75, 3.05) is 13.2 Å². The highest BCUT2D eigenvalue weighted by atomic mass is 16.6. The largest absolute Gasteiger partial charge is 0.486 e. The van der Waals surface area contributed by atoms with E-state index in [2.05, 4.69) is 46.2 Å². The molecule has 9 nitrogen and oxygen atoms in total. The maximum atomic E-state index is 13.0. The summed E-state index contributed by atoms with van der Waals surface area (Å²) in [7, 11) is 0. The second kappa shape index (κ2) is 8.78. The molecule has 0 saturated heterocycles. The molecule has 3 aromatic rings. The lowest BCUT2D eigenvalue weighted by Crippen LogP contribution is -2.39. The SMILES string of the molecule is CC(C)(C)n1nnnc1CN(Cc1cc2cc3c(cc2[nH]c1=O)OCCO3)C1CCCCC1. The third kappa shape index (κ3) is 4.59. The van der Waals surface area contributed by atoms with E-state index in [9.17, 15) is 4.79 Å². The number of hydrogen-bond acceptors (Lipinski definition) is 7. The average Bonchev–Trinajstić information content (AvgIpc) is 3.27. The first-order valence-electron chi connectivity index (χ1n) is 11.9. The normalized spacial score (nSPS) is 17.1. The van der Waals surface area contributed by atoms with Crippen LogP contribution in [-0.2, 0) is 18.6 Å². The highest BCUT2D eigenvalue weighted by Gasteiger charge is 2.27. The Morgan fingerprint density at radius 1 is 1.06 bits per heavy atom. The maximum absolute atomic E-state index is 13.0. The number of aromatic nitrogens is 5. The third-order valence-electron chi connectivity index (χ3n) is 6.56. The number of hydrogen-bond donors (Lipinski definition) is 1. The second-order valence-electron chi connectivity index (χ2n) is 10.1. The molecule has 1 aromatic carbocycles. The summed E-state index contributed by atoms with van der Waals surface area (Å²) in [6.07, 6.45) is 5.95. The first-order valence-corrected chi connectivity index (χ1v) is 11.9. The van der Waals surface area contributed by atoms with Gasteiger partial charge in [0.2, 0.25) is 0 Å². The van der Waals surface area contributed by atoms with Crippen molar-refractivity contribution in [3.05, 3.63) is 39.9 Å². The van der Waals surface area contributed by atoms with E-state index in [4.69, 9.17) is 9.47 Å². The van der Waals surface area contributed by atoms with Crippen LogP contribution in [0.25, 0.3) is 10.9 Å². The van der Waals surface area contributed by atoms with Gasteiger partial charge in [-0.2, -0.15) is 0 Å². The molecule has 1 aliphatic carbocycles. The van der Waals surface area contributed by atoms with E-state index >= 15 is 0 Å². The van der Waals surface area contributed by atoms with Gasteiger partial charge >= 0.3 is 0 Å². The molecule has 33 heavy (non-hydrogen) atoms. The van der Waals surface area contributed by atoms with Gasteiger partial charge in [-0.3, -0.25) is 9.69 Å². The third-order valence-corrected chi connectivity index (χ3v) is 6.56. The van der Waals surface area contributed by atoms with Gasteiger partial charge in [0.25, 0.3) is 5.56 Å². The van der Waals surface area contributed by atoms with Crippen LogP contribution in [-0.4, -0.2) is 49.3 Å². The van der Waals surface area contributed by atoms with Crippen LogP contribution in [0.3, 0.4) is 0 Å². The van der Waals surface area contributed by atoms with Crippen LogP contribution < -0.4 is 15.0 Å². The van der Waals surface area contributed by atoms with Gasteiger partial charge in [0.05, 0.1) is 17.6 Å². The molecule has 176 valence electrons. The van der Waals surface area contributed by atoms with E-state index in [1.807, 2.05) is 22.9 Å². The molecule has 2 aliphatic rings. The molecule has 1 fully saturated rings. The minimum Gasteiger partial charge on any atom is -0.486 e. The topological polar surface area (TPSA) is 98.2 Å². The first kappa shape index (κ1) is 21.9. The van der Waals surface area contributed by atoms with Gasteiger partial charge in [0.1, 0.15) is 13.2 Å². The Balaban J connectivity index is 1.48. The fourth-order valence-corrected chi connectivity index (χ4v) is 4.89. The van der Waals surface area contributed by atoms with Crippen molar-refractivity contribution >= 4 is 10.9 Å². The standard InChI is InChI=1S/C24H32N6O3/c1-24(2,3)30-22(26-27-28-30)15-29(18-7-5-4-6-8-18)14-17-11-16-12-20-21(33-10-9-32-20)13-19(16)25-23(17)31/h11-13,18H,4-10,14-15H2,1-3H3,(H,25,31). The Kier molecular flexibility index (Phi) is 5.82. The van der Waals surface area contributed by atoms with E-state index < -0.39 is 0 Å². The van der Waals surface area contributed by atoms with Crippen molar-refractivity contribution in [3.8, 4) is 11.5 Å². The fraction of sp³-hybridized carbons (Fsp3) is 0.583. The number of ether oxygens (including phenoxy) is 2. The number of aromatic amines is 1. The molecule has 1 saturated carbocycles. The molecule has 0 spiro atoms. The summed E-state index contributed by atoms with van der Waals surface area (Å²) in [6, 6.07) is 6.19. The number of nitrogens with one attached hydrogen (secondary N) is 1. The van der Waals surface area contributed by atoms with E-state index in [-0.39, 0.29) is 11.1 Å². The Morgan fingerprint density at radius 2 is 1.79 bits per heavy atom. The zero-order valence-corrected chi connectivity index (χ0v) is 19.6. The molecule has 1 aliphatic heterocycles. The molecule has 0 amide bonds. The van der Waals surface area contributed by atoms with Crippen molar-refractivity contribution in [2.45, 2.75) is 77.5 Å². The van der Waals surface area contributed by atoms with Crippen LogP contribution in [0.4, 0.5) is 0 Å². The van der Waals surface area contributed by atoms with E-state index in [1.54, 1.807) is 0 Å². The summed E-state index contributed by atoms with van der Waals surface area (Å²) in [5.41, 5.74) is 1.21. The number of nitrogens with zero attached hydrogens (tertiary/aromatic N) is 5. The van der Waals surface area contributed by atoms with Crippen LogP contribution in [0.5, 0.6) is 11.5 Å². The zero-order chi connectivity index (χ0) is 23.0. The van der Waals surface area contributed by atoms with Crippen molar-refractivity contribution in [2.24, 2.45) is 0 Å². The van der Waals surface area contributed by atoms with Crippen LogP contribution >= 0.6 is 0 Å². The smallest absolute Gasteiger partial charge is 0.252 e. The minimum absolute atomic E-state index is 0.0737. The summed E-state index contributed by atoms with van der Waals surface area (Å²) in [5, 5.41) is 13.4. The predicted molar refractivity (Wildman–Crippen MR) is 124 cm³/mol. The monoisotopic (exact) mass is 452 g/mol. The molecule has 5 rings (SSSR count). The average molecular weight is 453 g/mol. The number of tetrazole rings is 1. The van der Waals surface area contributed by atoms with Gasteiger partial charge in [0, 0.05) is 29.6 Å². The van der Waals surface area contributed by atoms with Crippen LogP contribution in [0.15, 0.2) is 23.0 Å². The molecule has 0 atom stereocenters. The molecular weight excluding hydrogens is 420 g/mol. The lowest BCUT2D eigenvalue weighted by atomic mass is 9.93. The fourth-order valence-electron chi connectivity index (χ4n) is 4.89. The molecule has 0 bridgehead atoms. The van der Waals surface area contributed by atoms with Crippen molar-refractivity contribution < 1.29 is 9.47 Å². The minimum atomic E-state index is -0.210. The molecule has 2 aromatic heterocycles. The van der Waals surface area contributed by atoms with Crippen molar-refractivity contribution in [1.29, 1.82) is 0 Å². The molecule has 3 heterocycles. The van der Waals surface area contributed by atoms with Gasteiger partial charge in [-0.05, 0) is 56.2 Å². The van der Waals surface area contributed by atoms with E-state index in [0.717, 1.165) is 40.9 Å². The predicted octanol–water partition coefficient (Wildman–Crippen LogP) is 3.38. The highest BCUT2D eigenvalue weighted by Crippen LogP contribution is 2.34. The lowest BCUT2D eigenvalue weighted by molar-refractivity contribution is 0.130. The zero-order valence-electron chi connectivity index (χ0n) is 19.6. The second-order valence-corrected chi connectivity index (χ2v) is 10.1. The molecule has 1 N–H and O–H groups in total. The van der Waals surface area contributed by atoms with Gasteiger partial charge in [-0.1, -0.05) is 19.3 Å². The van der Waals surface area contributed by atoms with Crippen molar-refractivity contribution in [3.63, 3.8) is 0 Å². The number of pyridine rings is 1. The van der Waals surface area contributed by atoms with Gasteiger partial charge in [-0.25, -0.2) is 4.68 Å². The highest BCUT2D eigenvalue weighted by molar-refractivity contribution is 5.83. The number of fused-ring (bicyclic) bond motifs is 2. The van der Waals surface area contributed by atoms with Crippen LogP contribution in [0.2, 0.25) is 0 Å². The first-order chi connectivity index (χ1) is 15.9.